The summed E-state index contributed by atoms with van der Waals surface area (Å²) in [4.78, 5) is 4.75. The predicted molar refractivity (Wildman–Crippen MR) is 75.9 cm³/mol. The number of fused-ring (bicyclic) bond motifs is 1. The van der Waals surface area contributed by atoms with Gasteiger partial charge in [-0.2, -0.15) is 0 Å². The zero-order valence-corrected chi connectivity index (χ0v) is 11.4. The lowest BCUT2D eigenvalue weighted by atomic mass is 10.1. The summed E-state index contributed by atoms with van der Waals surface area (Å²) in [6.45, 7) is 3.21. The second-order valence-corrected chi connectivity index (χ2v) is 5.14. The van der Waals surface area contributed by atoms with Crippen LogP contribution in [0.3, 0.4) is 0 Å². The van der Waals surface area contributed by atoms with E-state index in [1.807, 2.05) is 0 Å². The maximum absolute atomic E-state index is 9.66. The number of aromatic nitrogens is 2. The quantitative estimate of drug-likeness (QED) is 0.917. The van der Waals surface area contributed by atoms with Crippen LogP contribution < -0.4 is 0 Å². The molecule has 0 amide bonds. The van der Waals surface area contributed by atoms with Crippen LogP contribution in [0.15, 0.2) is 24.3 Å². The van der Waals surface area contributed by atoms with E-state index in [2.05, 4.69) is 35.8 Å². The third-order valence-corrected chi connectivity index (χ3v) is 3.97. The molecule has 2 aromatic rings. The third-order valence-electron chi connectivity index (χ3n) is 3.97. The molecule has 0 saturated heterocycles. The first kappa shape index (κ1) is 12.4. The Balaban J connectivity index is 2.05. The molecule has 1 aliphatic heterocycles. The monoisotopic (exact) mass is 256 g/mol. The molecule has 0 aliphatic carbocycles. The Bertz CT molecular complexity index is 569. The van der Waals surface area contributed by atoms with Crippen molar-refractivity contribution < 1.29 is 5.11 Å². The molecule has 19 heavy (non-hydrogen) atoms. The molecule has 0 spiro atoms. The normalized spacial score (nSPS) is 14.4. The second kappa shape index (κ2) is 5.17. The Labute approximate surface area is 113 Å². The van der Waals surface area contributed by atoms with Gasteiger partial charge < -0.3 is 9.67 Å². The first-order chi connectivity index (χ1) is 9.33. The number of aliphatic hydroxyl groups is 1. The SMILES string of the molecule is CCc1ccc(-c2nc3n(c2CO)CCCC3)cc1. The van der Waals surface area contributed by atoms with Crippen LogP contribution in [0.25, 0.3) is 11.3 Å². The molecule has 1 aromatic heterocycles. The van der Waals surface area contributed by atoms with Crippen molar-refractivity contribution >= 4 is 0 Å². The van der Waals surface area contributed by atoms with Gasteiger partial charge in [0.2, 0.25) is 0 Å². The highest BCUT2D eigenvalue weighted by atomic mass is 16.3. The predicted octanol–water partition coefficient (Wildman–Crippen LogP) is 2.94. The van der Waals surface area contributed by atoms with Crippen molar-refractivity contribution in [3.8, 4) is 11.3 Å². The minimum absolute atomic E-state index is 0.0673. The molecule has 3 heteroatoms. The van der Waals surface area contributed by atoms with Crippen molar-refractivity contribution in [2.75, 3.05) is 0 Å². The van der Waals surface area contributed by atoms with Gasteiger partial charge in [-0.15, -0.1) is 0 Å². The molecule has 0 atom stereocenters. The highest BCUT2D eigenvalue weighted by molar-refractivity contribution is 5.63. The summed E-state index contributed by atoms with van der Waals surface area (Å²) in [6.07, 6.45) is 4.47. The van der Waals surface area contributed by atoms with E-state index in [0.717, 1.165) is 42.2 Å². The summed E-state index contributed by atoms with van der Waals surface area (Å²) in [5.74, 6) is 1.13. The maximum atomic E-state index is 9.66. The minimum atomic E-state index is 0.0673. The second-order valence-electron chi connectivity index (χ2n) is 5.14. The van der Waals surface area contributed by atoms with Crippen molar-refractivity contribution in [1.82, 2.24) is 9.55 Å². The van der Waals surface area contributed by atoms with E-state index in [4.69, 9.17) is 4.98 Å². The fourth-order valence-electron chi connectivity index (χ4n) is 2.84. The number of nitrogens with zero attached hydrogens (tertiary/aromatic N) is 2. The van der Waals surface area contributed by atoms with E-state index >= 15 is 0 Å². The summed E-state index contributed by atoms with van der Waals surface area (Å²) in [5.41, 5.74) is 4.38. The third kappa shape index (κ3) is 2.19. The lowest BCUT2D eigenvalue weighted by Gasteiger charge is -2.15. The number of hydrogen-bond acceptors (Lipinski definition) is 2. The van der Waals surface area contributed by atoms with Gasteiger partial charge in [-0.1, -0.05) is 31.2 Å². The minimum Gasteiger partial charge on any atom is -0.390 e. The zero-order valence-electron chi connectivity index (χ0n) is 11.4. The highest BCUT2D eigenvalue weighted by Crippen LogP contribution is 2.28. The van der Waals surface area contributed by atoms with Crippen LogP contribution in [-0.2, 0) is 26.0 Å². The highest BCUT2D eigenvalue weighted by Gasteiger charge is 2.19. The van der Waals surface area contributed by atoms with Gasteiger partial charge in [0.05, 0.1) is 18.0 Å². The van der Waals surface area contributed by atoms with Crippen LogP contribution in [0.4, 0.5) is 0 Å². The standard InChI is InChI=1S/C16H20N2O/c1-2-12-6-8-13(9-7-12)16-14(11-19)18-10-4-3-5-15(18)17-16/h6-9,19H,2-5,10-11H2,1H3. The molecule has 1 aliphatic rings. The van der Waals surface area contributed by atoms with Crippen molar-refractivity contribution in [2.24, 2.45) is 0 Å². The van der Waals surface area contributed by atoms with E-state index < -0.39 is 0 Å². The van der Waals surface area contributed by atoms with E-state index in [1.54, 1.807) is 0 Å². The zero-order chi connectivity index (χ0) is 13.2. The Morgan fingerprint density at radius 3 is 2.68 bits per heavy atom. The van der Waals surface area contributed by atoms with Crippen molar-refractivity contribution in [2.45, 2.75) is 45.8 Å². The Kier molecular flexibility index (Phi) is 3.38. The summed E-state index contributed by atoms with van der Waals surface area (Å²) in [7, 11) is 0. The number of benzene rings is 1. The fraction of sp³-hybridized carbons (Fsp3) is 0.438. The molecular weight excluding hydrogens is 236 g/mol. The molecule has 1 aromatic carbocycles. The van der Waals surface area contributed by atoms with Crippen molar-refractivity contribution in [1.29, 1.82) is 0 Å². The average Bonchev–Trinajstić information content (AvgIpc) is 2.85. The fourth-order valence-corrected chi connectivity index (χ4v) is 2.84. The van der Waals surface area contributed by atoms with E-state index in [1.165, 1.54) is 18.4 Å². The lowest BCUT2D eigenvalue weighted by Crippen LogP contribution is -2.12. The molecule has 0 saturated carbocycles. The van der Waals surface area contributed by atoms with Crippen molar-refractivity contribution in [3.05, 3.63) is 41.3 Å². The number of hydrogen-bond donors (Lipinski definition) is 1. The van der Waals surface area contributed by atoms with Gasteiger partial charge >= 0.3 is 0 Å². The summed E-state index contributed by atoms with van der Waals surface area (Å²) >= 11 is 0. The number of aliphatic hydroxyl groups excluding tert-OH is 1. The van der Waals surface area contributed by atoms with Crippen LogP contribution in [0.1, 0.15) is 36.8 Å². The first-order valence-electron chi connectivity index (χ1n) is 7.12. The topological polar surface area (TPSA) is 38.0 Å². The molecule has 3 rings (SSSR count). The average molecular weight is 256 g/mol. The van der Waals surface area contributed by atoms with Gasteiger partial charge in [-0.05, 0) is 24.8 Å². The molecule has 1 N–H and O–H groups in total. The number of rotatable bonds is 3. The number of imidazole rings is 1. The smallest absolute Gasteiger partial charge is 0.109 e. The first-order valence-corrected chi connectivity index (χ1v) is 7.12. The van der Waals surface area contributed by atoms with E-state index in [0.29, 0.717) is 0 Å². The van der Waals surface area contributed by atoms with Crippen LogP contribution in [0, 0.1) is 0 Å². The number of aryl methyl sites for hydroxylation is 2. The molecule has 0 radical (unpaired) electrons. The molecule has 0 bridgehead atoms. The molecular formula is C16H20N2O. The van der Waals surface area contributed by atoms with Gasteiger partial charge in [0.1, 0.15) is 5.82 Å². The van der Waals surface area contributed by atoms with E-state index in [9.17, 15) is 5.11 Å². The van der Waals surface area contributed by atoms with Gasteiger partial charge in [-0.25, -0.2) is 4.98 Å². The van der Waals surface area contributed by atoms with Gasteiger partial charge in [0.15, 0.2) is 0 Å². The van der Waals surface area contributed by atoms with Gasteiger partial charge in [-0.3, -0.25) is 0 Å². The Morgan fingerprint density at radius 1 is 1.21 bits per heavy atom. The Morgan fingerprint density at radius 2 is 2.00 bits per heavy atom. The molecule has 2 heterocycles. The van der Waals surface area contributed by atoms with Crippen LogP contribution in [-0.4, -0.2) is 14.7 Å². The summed E-state index contributed by atoms with van der Waals surface area (Å²) in [6, 6.07) is 8.53. The summed E-state index contributed by atoms with van der Waals surface area (Å²) < 4.78 is 2.20. The molecule has 0 fully saturated rings. The van der Waals surface area contributed by atoms with Crippen molar-refractivity contribution in [3.63, 3.8) is 0 Å². The summed E-state index contributed by atoms with van der Waals surface area (Å²) in [5, 5.41) is 9.66. The van der Waals surface area contributed by atoms with Crippen LogP contribution >= 0.6 is 0 Å². The molecule has 100 valence electrons. The maximum Gasteiger partial charge on any atom is 0.109 e. The lowest BCUT2D eigenvalue weighted by molar-refractivity contribution is 0.268. The largest absolute Gasteiger partial charge is 0.390 e. The molecule has 0 unspecified atom stereocenters. The Hall–Kier alpha value is -1.61. The van der Waals surface area contributed by atoms with E-state index in [-0.39, 0.29) is 6.61 Å². The van der Waals surface area contributed by atoms with Gasteiger partial charge in [0, 0.05) is 18.5 Å². The van der Waals surface area contributed by atoms with Crippen LogP contribution in [0.5, 0.6) is 0 Å². The van der Waals surface area contributed by atoms with Gasteiger partial charge in [0.25, 0.3) is 0 Å². The molecule has 3 nitrogen and oxygen atoms in total. The van der Waals surface area contributed by atoms with Crippen LogP contribution in [0.2, 0.25) is 0 Å².